The van der Waals surface area contributed by atoms with E-state index in [1.54, 1.807) is 39.3 Å². The lowest BCUT2D eigenvalue weighted by atomic mass is 10.1. The van der Waals surface area contributed by atoms with Crippen LogP contribution < -0.4 is 9.47 Å². The van der Waals surface area contributed by atoms with E-state index < -0.39 is 6.10 Å². The normalized spacial score (nSPS) is 11.2. The highest BCUT2D eigenvalue weighted by atomic mass is 16.5. The maximum absolute atomic E-state index is 9.88. The molecule has 0 aliphatic rings. The van der Waals surface area contributed by atoms with Crippen LogP contribution in [0.5, 0.6) is 11.5 Å². The molecule has 0 aliphatic carbocycles. The van der Waals surface area contributed by atoms with Crippen LogP contribution in [0, 0.1) is 11.8 Å². The van der Waals surface area contributed by atoms with Gasteiger partial charge in [0.1, 0.15) is 11.5 Å². The van der Waals surface area contributed by atoms with Gasteiger partial charge in [0.15, 0.2) is 0 Å². The third-order valence-corrected chi connectivity index (χ3v) is 2.23. The number of benzene rings is 1. The first-order valence-electron chi connectivity index (χ1n) is 5.02. The van der Waals surface area contributed by atoms with Crippen molar-refractivity contribution in [3.63, 3.8) is 0 Å². The van der Waals surface area contributed by atoms with E-state index in [1.165, 1.54) is 0 Å². The quantitative estimate of drug-likeness (QED) is 0.790. The Morgan fingerprint density at radius 3 is 2.19 bits per heavy atom. The molecule has 1 aromatic carbocycles. The summed E-state index contributed by atoms with van der Waals surface area (Å²) in [4.78, 5) is 0. The van der Waals surface area contributed by atoms with Crippen molar-refractivity contribution >= 4 is 0 Å². The number of methoxy groups -OCH3 is 2. The van der Waals surface area contributed by atoms with Crippen LogP contribution in [-0.2, 0) is 0 Å². The zero-order chi connectivity index (χ0) is 12.0. The topological polar surface area (TPSA) is 38.7 Å². The number of rotatable bonds is 4. The van der Waals surface area contributed by atoms with Gasteiger partial charge in [0.25, 0.3) is 0 Å². The van der Waals surface area contributed by atoms with Crippen LogP contribution in [0.25, 0.3) is 0 Å². The molecule has 0 heterocycles. The van der Waals surface area contributed by atoms with E-state index in [0.29, 0.717) is 17.9 Å². The highest BCUT2D eigenvalue weighted by molar-refractivity contribution is 5.39. The fraction of sp³-hybridized carbons (Fsp3) is 0.385. The van der Waals surface area contributed by atoms with Gasteiger partial charge in [-0.15, -0.1) is 11.8 Å². The Balaban J connectivity index is 2.96. The van der Waals surface area contributed by atoms with E-state index in [0.717, 1.165) is 5.56 Å². The minimum atomic E-state index is -0.614. The third-order valence-electron chi connectivity index (χ3n) is 2.23. The minimum Gasteiger partial charge on any atom is -0.497 e. The van der Waals surface area contributed by atoms with E-state index >= 15 is 0 Å². The molecule has 3 heteroatoms. The molecule has 1 unspecified atom stereocenters. The van der Waals surface area contributed by atoms with Crippen molar-refractivity contribution in [1.29, 1.82) is 0 Å². The summed E-state index contributed by atoms with van der Waals surface area (Å²) in [7, 11) is 3.16. The van der Waals surface area contributed by atoms with E-state index in [4.69, 9.17) is 9.47 Å². The molecule has 3 nitrogen and oxygen atoms in total. The molecule has 0 spiro atoms. The van der Waals surface area contributed by atoms with Crippen LogP contribution in [0.2, 0.25) is 0 Å². The average Bonchev–Trinajstić information content (AvgIpc) is 2.35. The second-order valence-corrected chi connectivity index (χ2v) is 3.29. The van der Waals surface area contributed by atoms with E-state index in [2.05, 4.69) is 11.8 Å². The molecule has 0 saturated heterocycles. The molecule has 1 atom stereocenters. The Bertz CT molecular complexity index is 379. The summed E-state index contributed by atoms with van der Waals surface area (Å²) >= 11 is 0. The van der Waals surface area contributed by atoms with Gasteiger partial charge < -0.3 is 14.6 Å². The number of aliphatic hydroxyl groups is 1. The van der Waals surface area contributed by atoms with Crippen molar-refractivity contribution in [3.8, 4) is 23.3 Å². The lowest BCUT2D eigenvalue weighted by Gasteiger charge is -2.11. The SMILES string of the molecule is CC#CCC(O)c1cc(OC)cc(OC)c1. The van der Waals surface area contributed by atoms with Crippen LogP contribution >= 0.6 is 0 Å². The molecule has 1 N–H and O–H groups in total. The summed E-state index contributed by atoms with van der Waals surface area (Å²) in [6, 6.07) is 5.33. The summed E-state index contributed by atoms with van der Waals surface area (Å²) in [5.41, 5.74) is 0.749. The van der Waals surface area contributed by atoms with Gasteiger partial charge in [-0.1, -0.05) is 0 Å². The molecule has 0 bridgehead atoms. The monoisotopic (exact) mass is 220 g/mol. The van der Waals surface area contributed by atoms with Gasteiger partial charge in [0, 0.05) is 12.5 Å². The Hall–Kier alpha value is -1.66. The largest absolute Gasteiger partial charge is 0.497 e. The second-order valence-electron chi connectivity index (χ2n) is 3.29. The Morgan fingerprint density at radius 2 is 1.75 bits per heavy atom. The van der Waals surface area contributed by atoms with Crippen LogP contribution in [-0.4, -0.2) is 19.3 Å². The van der Waals surface area contributed by atoms with Gasteiger partial charge >= 0.3 is 0 Å². The molecule has 0 aliphatic heterocycles. The van der Waals surface area contributed by atoms with Gasteiger partial charge in [0.2, 0.25) is 0 Å². The fourth-order valence-electron chi connectivity index (χ4n) is 1.34. The minimum absolute atomic E-state index is 0.410. The number of aliphatic hydroxyl groups excluding tert-OH is 1. The summed E-state index contributed by atoms with van der Waals surface area (Å²) in [6.45, 7) is 1.75. The maximum atomic E-state index is 9.88. The molecule has 0 fully saturated rings. The Kier molecular flexibility index (Phi) is 4.68. The summed E-state index contributed by atoms with van der Waals surface area (Å²) < 4.78 is 10.2. The molecular formula is C13H16O3. The smallest absolute Gasteiger partial charge is 0.122 e. The molecule has 1 rings (SSSR count). The molecule has 86 valence electrons. The summed E-state index contributed by atoms with van der Waals surface area (Å²) in [5, 5.41) is 9.88. The fourth-order valence-corrected chi connectivity index (χ4v) is 1.34. The lowest BCUT2D eigenvalue weighted by molar-refractivity contribution is 0.183. The van der Waals surface area contributed by atoms with E-state index in [9.17, 15) is 5.11 Å². The molecule has 0 saturated carbocycles. The van der Waals surface area contributed by atoms with Crippen LogP contribution in [0.1, 0.15) is 25.0 Å². The van der Waals surface area contributed by atoms with Crippen molar-refractivity contribution in [1.82, 2.24) is 0 Å². The van der Waals surface area contributed by atoms with Crippen molar-refractivity contribution in [3.05, 3.63) is 23.8 Å². The lowest BCUT2D eigenvalue weighted by Crippen LogP contribution is -1.98. The average molecular weight is 220 g/mol. The molecule has 0 aromatic heterocycles. The van der Waals surface area contributed by atoms with Crippen molar-refractivity contribution in [2.45, 2.75) is 19.4 Å². The van der Waals surface area contributed by atoms with Crippen molar-refractivity contribution in [2.24, 2.45) is 0 Å². The highest BCUT2D eigenvalue weighted by Crippen LogP contribution is 2.27. The number of hydrogen-bond acceptors (Lipinski definition) is 3. The number of hydrogen-bond donors (Lipinski definition) is 1. The highest BCUT2D eigenvalue weighted by Gasteiger charge is 2.09. The van der Waals surface area contributed by atoms with Crippen molar-refractivity contribution < 1.29 is 14.6 Å². The van der Waals surface area contributed by atoms with Gasteiger partial charge in [-0.05, 0) is 24.6 Å². The Labute approximate surface area is 96.0 Å². The molecule has 16 heavy (non-hydrogen) atoms. The molecule has 0 radical (unpaired) electrons. The first-order chi connectivity index (χ1) is 7.71. The zero-order valence-corrected chi connectivity index (χ0v) is 9.78. The van der Waals surface area contributed by atoms with E-state index in [-0.39, 0.29) is 0 Å². The van der Waals surface area contributed by atoms with Crippen molar-refractivity contribution in [2.75, 3.05) is 14.2 Å². The molecular weight excluding hydrogens is 204 g/mol. The number of ether oxygens (including phenoxy) is 2. The predicted molar refractivity (Wildman–Crippen MR) is 62.6 cm³/mol. The maximum Gasteiger partial charge on any atom is 0.122 e. The standard InChI is InChI=1S/C13H16O3/c1-4-5-6-13(14)10-7-11(15-2)9-12(8-10)16-3/h7-9,13-14H,6H2,1-3H3. The third kappa shape index (κ3) is 3.18. The first-order valence-corrected chi connectivity index (χ1v) is 5.02. The van der Waals surface area contributed by atoms with Gasteiger partial charge in [-0.3, -0.25) is 0 Å². The Morgan fingerprint density at radius 1 is 1.19 bits per heavy atom. The zero-order valence-electron chi connectivity index (χ0n) is 9.78. The van der Waals surface area contributed by atoms with Gasteiger partial charge in [-0.25, -0.2) is 0 Å². The van der Waals surface area contributed by atoms with Crippen LogP contribution in [0.4, 0.5) is 0 Å². The summed E-state index contributed by atoms with van der Waals surface area (Å²) in [6.07, 6.45) is -0.205. The van der Waals surface area contributed by atoms with E-state index in [1.807, 2.05) is 0 Å². The summed E-state index contributed by atoms with van der Waals surface area (Å²) in [5.74, 6) is 6.92. The van der Waals surface area contributed by atoms with Gasteiger partial charge in [0.05, 0.1) is 20.3 Å². The van der Waals surface area contributed by atoms with Crippen LogP contribution in [0.3, 0.4) is 0 Å². The molecule has 0 amide bonds. The first kappa shape index (κ1) is 12.4. The second kappa shape index (κ2) is 6.04. The van der Waals surface area contributed by atoms with Crippen LogP contribution in [0.15, 0.2) is 18.2 Å². The predicted octanol–water partition coefficient (Wildman–Crippen LogP) is 2.15. The van der Waals surface area contributed by atoms with Gasteiger partial charge in [-0.2, -0.15) is 0 Å². The molecule has 1 aromatic rings.